The van der Waals surface area contributed by atoms with Crippen molar-refractivity contribution >= 4 is 17.6 Å². The first-order valence-electron chi connectivity index (χ1n) is 9.38. The monoisotopic (exact) mass is 361 g/mol. The fourth-order valence-electron chi connectivity index (χ4n) is 3.09. The molecule has 2 aromatic carbocycles. The zero-order valence-electron chi connectivity index (χ0n) is 16.2. The Labute approximate surface area is 161 Å². The lowest BCUT2D eigenvalue weighted by molar-refractivity contribution is 0.377. The standard InChI is InChI=1S/C22H27N5/c1-15-9-7-8-12-19(15)24-22-26-20(25-21(23)27-22)14-17(3)16(2)13-18-10-5-4-6-11-18/h4-12,16-17H,13-14H2,1-3H3,(H3,23,24,25,26,27). The summed E-state index contributed by atoms with van der Waals surface area (Å²) < 4.78 is 0. The topological polar surface area (TPSA) is 76.7 Å². The third kappa shape index (κ3) is 5.26. The smallest absolute Gasteiger partial charge is 0.232 e. The van der Waals surface area contributed by atoms with Crippen LogP contribution in [0.15, 0.2) is 54.6 Å². The van der Waals surface area contributed by atoms with E-state index in [-0.39, 0.29) is 5.95 Å². The van der Waals surface area contributed by atoms with Gasteiger partial charge in [0.25, 0.3) is 0 Å². The summed E-state index contributed by atoms with van der Waals surface area (Å²) in [5, 5.41) is 3.25. The van der Waals surface area contributed by atoms with Crippen molar-refractivity contribution in [2.75, 3.05) is 11.1 Å². The Bertz CT molecular complexity index is 879. The van der Waals surface area contributed by atoms with Crippen LogP contribution in [0.4, 0.5) is 17.6 Å². The van der Waals surface area contributed by atoms with Crippen LogP contribution in [0.25, 0.3) is 0 Å². The van der Waals surface area contributed by atoms with Crippen LogP contribution in [0.3, 0.4) is 0 Å². The van der Waals surface area contributed by atoms with E-state index in [1.165, 1.54) is 5.56 Å². The predicted octanol–water partition coefficient (Wildman–Crippen LogP) is 4.56. The maximum atomic E-state index is 5.92. The van der Waals surface area contributed by atoms with Gasteiger partial charge in [-0.05, 0) is 42.4 Å². The minimum Gasteiger partial charge on any atom is -0.368 e. The molecule has 0 radical (unpaired) electrons. The highest BCUT2D eigenvalue weighted by molar-refractivity contribution is 5.58. The van der Waals surface area contributed by atoms with Crippen LogP contribution in [0.5, 0.6) is 0 Å². The van der Waals surface area contributed by atoms with Crippen LogP contribution in [0.1, 0.15) is 30.8 Å². The summed E-state index contributed by atoms with van der Waals surface area (Å²) in [6.45, 7) is 6.55. The lowest BCUT2D eigenvalue weighted by Gasteiger charge is -2.19. The molecule has 0 aliphatic rings. The van der Waals surface area contributed by atoms with E-state index >= 15 is 0 Å². The molecule has 2 atom stereocenters. The lowest BCUT2D eigenvalue weighted by atomic mass is 9.87. The maximum absolute atomic E-state index is 5.92. The van der Waals surface area contributed by atoms with Crippen molar-refractivity contribution in [1.82, 2.24) is 15.0 Å². The third-order valence-electron chi connectivity index (χ3n) is 4.97. The van der Waals surface area contributed by atoms with E-state index in [4.69, 9.17) is 5.73 Å². The van der Waals surface area contributed by atoms with Gasteiger partial charge in [-0.3, -0.25) is 0 Å². The molecule has 3 N–H and O–H groups in total. The van der Waals surface area contributed by atoms with E-state index in [9.17, 15) is 0 Å². The molecule has 0 amide bonds. The first-order valence-corrected chi connectivity index (χ1v) is 9.38. The number of benzene rings is 2. The van der Waals surface area contributed by atoms with Gasteiger partial charge in [0.15, 0.2) is 0 Å². The average molecular weight is 361 g/mol. The number of aromatic nitrogens is 3. The van der Waals surface area contributed by atoms with Gasteiger partial charge in [-0.1, -0.05) is 62.4 Å². The van der Waals surface area contributed by atoms with Crippen LogP contribution in [0, 0.1) is 18.8 Å². The van der Waals surface area contributed by atoms with Gasteiger partial charge in [0.2, 0.25) is 11.9 Å². The molecule has 5 nitrogen and oxygen atoms in total. The van der Waals surface area contributed by atoms with Gasteiger partial charge in [-0.25, -0.2) is 0 Å². The largest absolute Gasteiger partial charge is 0.368 e. The molecular formula is C22H27N5. The SMILES string of the molecule is Cc1ccccc1Nc1nc(N)nc(CC(C)C(C)Cc2ccccc2)n1. The Morgan fingerprint density at radius 1 is 0.852 bits per heavy atom. The van der Waals surface area contributed by atoms with E-state index in [2.05, 4.69) is 58.4 Å². The molecule has 0 spiro atoms. The Kier molecular flexibility index (Phi) is 6.01. The van der Waals surface area contributed by atoms with Crippen molar-refractivity contribution in [2.24, 2.45) is 11.8 Å². The van der Waals surface area contributed by atoms with Gasteiger partial charge in [-0.15, -0.1) is 0 Å². The molecule has 1 heterocycles. The van der Waals surface area contributed by atoms with Crippen LogP contribution in [-0.4, -0.2) is 15.0 Å². The summed E-state index contributed by atoms with van der Waals surface area (Å²) in [6.07, 6.45) is 1.81. The first-order chi connectivity index (χ1) is 13.0. The number of para-hydroxylation sites is 1. The quantitative estimate of drug-likeness (QED) is 0.645. The Morgan fingerprint density at radius 3 is 2.26 bits per heavy atom. The zero-order chi connectivity index (χ0) is 19.2. The summed E-state index contributed by atoms with van der Waals surface area (Å²) in [7, 11) is 0. The molecule has 0 fully saturated rings. The van der Waals surface area contributed by atoms with Crippen LogP contribution < -0.4 is 11.1 Å². The summed E-state index contributed by atoms with van der Waals surface area (Å²) in [5.41, 5.74) is 9.38. The summed E-state index contributed by atoms with van der Waals surface area (Å²) >= 11 is 0. The second kappa shape index (κ2) is 8.62. The number of aryl methyl sites for hydroxylation is 1. The molecule has 140 valence electrons. The fourth-order valence-corrected chi connectivity index (χ4v) is 3.09. The highest BCUT2D eigenvalue weighted by atomic mass is 15.2. The molecule has 27 heavy (non-hydrogen) atoms. The van der Waals surface area contributed by atoms with Crippen LogP contribution in [-0.2, 0) is 12.8 Å². The minimum atomic E-state index is 0.249. The van der Waals surface area contributed by atoms with Gasteiger partial charge < -0.3 is 11.1 Å². The number of nitrogens with two attached hydrogens (primary N) is 1. The molecule has 1 aromatic heterocycles. The number of hydrogen-bond acceptors (Lipinski definition) is 5. The molecule has 3 aromatic rings. The highest BCUT2D eigenvalue weighted by Gasteiger charge is 2.16. The molecule has 5 heteroatoms. The number of nitrogen functional groups attached to an aromatic ring is 1. The Balaban J connectivity index is 1.69. The third-order valence-corrected chi connectivity index (χ3v) is 4.97. The molecular weight excluding hydrogens is 334 g/mol. The Hall–Kier alpha value is -2.95. The molecule has 0 saturated heterocycles. The van der Waals surface area contributed by atoms with Crippen LogP contribution >= 0.6 is 0 Å². The van der Waals surface area contributed by atoms with Gasteiger partial charge in [-0.2, -0.15) is 15.0 Å². The average Bonchev–Trinajstić information content (AvgIpc) is 2.64. The van der Waals surface area contributed by atoms with Gasteiger partial charge in [0.05, 0.1) is 0 Å². The second-order valence-electron chi connectivity index (χ2n) is 7.22. The van der Waals surface area contributed by atoms with E-state index in [1.807, 2.05) is 37.3 Å². The second-order valence-corrected chi connectivity index (χ2v) is 7.22. The number of nitrogens with zero attached hydrogens (tertiary/aromatic N) is 3. The Morgan fingerprint density at radius 2 is 1.52 bits per heavy atom. The molecule has 0 bridgehead atoms. The highest BCUT2D eigenvalue weighted by Crippen LogP contribution is 2.22. The number of hydrogen-bond donors (Lipinski definition) is 2. The van der Waals surface area contributed by atoms with Gasteiger partial charge in [0, 0.05) is 12.1 Å². The normalized spacial score (nSPS) is 13.1. The van der Waals surface area contributed by atoms with Crippen molar-refractivity contribution in [3.05, 3.63) is 71.5 Å². The van der Waals surface area contributed by atoms with Crippen LogP contribution in [0.2, 0.25) is 0 Å². The van der Waals surface area contributed by atoms with Crippen molar-refractivity contribution in [1.29, 1.82) is 0 Å². The minimum absolute atomic E-state index is 0.249. The van der Waals surface area contributed by atoms with E-state index < -0.39 is 0 Å². The summed E-state index contributed by atoms with van der Waals surface area (Å²) in [4.78, 5) is 13.2. The summed E-state index contributed by atoms with van der Waals surface area (Å²) in [5.74, 6) is 2.41. The van der Waals surface area contributed by atoms with Crippen molar-refractivity contribution in [2.45, 2.75) is 33.6 Å². The van der Waals surface area contributed by atoms with Crippen molar-refractivity contribution < 1.29 is 0 Å². The molecule has 0 aliphatic heterocycles. The fraction of sp³-hybridized carbons (Fsp3) is 0.318. The van der Waals surface area contributed by atoms with E-state index in [0.29, 0.717) is 17.8 Å². The van der Waals surface area contributed by atoms with Gasteiger partial charge >= 0.3 is 0 Å². The molecule has 0 aliphatic carbocycles. The summed E-state index contributed by atoms with van der Waals surface area (Å²) in [6, 6.07) is 18.6. The van der Waals surface area contributed by atoms with Gasteiger partial charge in [0.1, 0.15) is 5.82 Å². The van der Waals surface area contributed by atoms with Crippen molar-refractivity contribution in [3.8, 4) is 0 Å². The lowest BCUT2D eigenvalue weighted by Crippen LogP contribution is -2.16. The maximum Gasteiger partial charge on any atom is 0.232 e. The number of nitrogens with one attached hydrogen (secondary N) is 1. The number of anilines is 3. The molecule has 2 unspecified atom stereocenters. The molecule has 3 rings (SSSR count). The van der Waals surface area contributed by atoms with Crippen molar-refractivity contribution in [3.63, 3.8) is 0 Å². The van der Waals surface area contributed by atoms with E-state index in [0.717, 1.165) is 29.9 Å². The zero-order valence-corrected chi connectivity index (χ0v) is 16.2. The number of rotatable bonds is 7. The molecule has 0 saturated carbocycles. The predicted molar refractivity (Wildman–Crippen MR) is 111 cm³/mol. The van der Waals surface area contributed by atoms with E-state index in [1.54, 1.807) is 0 Å². The first kappa shape index (κ1) is 18.8.